The lowest BCUT2D eigenvalue weighted by molar-refractivity contribution is -0.123. The summed E-state index contributed by atoms with van der Waals surface area (Å²) in [5, 5.41) is 5.81. The summed E-state index contributed by atoms with van der Waals surface area (Å²) in [6, 6.07) is 6.24. The Balaban J connectivity index is 1.27. The van der Waals surface area contributed by atoms with Crippen LogP contribution in [0.15, 0.2) is 18.2 Å². The lowest BCUT2D eigenvalue weighted by Gasteiger charge is -2.07. The van der Waals surface area contributed by atoms with E-state index in [1.165, 1.54) is 11.1 Å². The molecule has 0 aromatic heterocycles. The minimum atomic E-state index is 0.0511. The zero-order valence-corrected chi connectivity index (χ0v) is 13.4. The van der Waals surface area contributed by atoms with Crippen LogP contribution in [0.4, 0.5) is 0 Å². The van der Waals surface area contributed by atoms with Gasteiger partial charge in [-0.25, -0.2) is 0 Å². The van der Waals surface area contributed by atoms with Gasteiger partial charge in [-0.05, 0) is 42.9 Å². The van der Waals surface area contributed by atoms with Gasteiger partial charge in [0.05, 0.1) is 6.61 Å². The number of rotatable bonds is 8. The molecule has 5 heteroatoms. The second-order valence-corrected chi connectivity index (χ2v) is 6.31. The molecule has 2 N–H and O–H groups in total. The van der Waals surface area contributed by atoms with Crippen LogP contribution in [-0.2, 0) is 22.4 Å². The summed E-state index contributed by atoms with van der Waals surface area (Å²) >= 11 is 0. The lowest BCUT2D eigenvalue weighted by Crippen LogP contribution is -2.29. The van der Waals surface area contributed by atoms with Gasteiger partial charge in [-0.15, -0.1) is 0 Å². The average molecular weight is 316 g/mol. The number of carbonyl (C=O) groups excluding carboxylic acids is 2. The molecule has 1 saturated carbocycles. The minimum Gasteiger partial charge on any atom is -0.493 e. The molecule has 0 spiro atoms. The van der Waals surface area contributed by atoms with Gasteiger partial charge in [0.2, 0.25) is 11.8 Å². The van der Waals surface area contributed by atoms with E-state index in [4.69, 9.17) is 4.74 Å². The molecule has 0 atom stereocenters. The van der Waals surface area contributed by atoms with Crippen molar-refractivity contribution < 1.29 is 14.3 Å². The Morgan fingerprint density at radius 1 is 1.17 bits per heavy atom. The molecule has 0 unspecified atom stereocenters. The van der Waals surface area contributed by atoms with Gasteiger partial charge >= 0.3 is 0 Å². The average Bonchev–Trinajstić information content (AvgIpc) is 3.30. The fraction of sp³-hybridized carbons (Fsp3) is 0.556. The van der Waals surface area contributed by atoms with Crippen molar-refractivity contribution in [1.82, 2.24) is 10.6 Å². The second-order valence-electron chi connectivity index (χ2n) is 6.31. The van der Waals surface area contributed by atoms with Crippen LogP contribution >= 0.6 is 0 Å². The van der Waals surface area contributed by atoms with Gasteiger partial charge < -0.3 is 15.4 Å². The third kappa shape index (κ3) is 4.71. The van der Waals surface area contributed by atoms with Crippen LogP contribution < -0.4 is 15.4 Å². The zero-order valence-electron chi connectivity index (χ0n) is 13.4. The Kier molecular flexibility index (Phi) is 5.16. The van der Waals surface area contributed by atoms with Crippen LogP contribution in [0, 0.1) is 5.92 Å². The number of ether oxygens (including phenoxy) is 1. The summed E-state index contributed by atoms with van der Waals surface area (Å²) in [5.74, 6) is 1.42. The van der Waals surface area contributed by atoms with Gasteiger partial charge in [-0.2, -0.15) is 0 Å². The Morgan fingerprint density at radius 2 is 2.04 bits per heavy atom. The summed E-state index contributed by atoms with van der Waals surface area (Å²) < 4.78 is 5.49. The quantitative estimate of drug-likeness (QED) is 0.716. The highest BCUT2D eigenvalue weighted by Crippen LogP contribution is 2.28. The van der Waals surface area contributed by atoms with E-state index < -0.39 is 0 Å². The Labute approximate surface area is 136 Å². The number of nitrogens with one attached hydrogen (secondary N) is 2. The summed E-state index contributed by atoms with van der Waals surface area (Å²) in [4.78, 5) is 23.2. The fourth-order valence-electron chi connectivity index (χ4n) is 2.78. The standard InChI is InChI=1S/C18H24N2O3/c21-17(2-1-9-20-18(22)14-4-5-14)19-10-7-13-3-6-16-15(12-13)8-11-23-16/h3,6,12,14H,1-2,4-5,7-11H2,(H,19,21)(H,20,22). The number of amides is 2. The molecule has 3 rings (SSSR count). The Bertz CT molecular complexity index is 582. The van der Waals surface area contributed by atoms with Crippen molar-refractivity contribution in [2.24, 2.45) is 5.92 Å². The van der Waals surface area contributed by atoms with Gasteiger partial charge in [0, 0.05) is 31.8 Å². The molecule has 0 bridgehead atoms. The molecule has 1 aliphatic heterocycles. The minimum absolute atomic E-state index is 0.0511. The molecule has 0 radical (unpaired) electrons. The van der Waals surface area contributed by atoms with Crippen LogP contribution in [-0.4, -0.2) is 31.5 Å². The van der Waals surface area contributed by atoms with Crippen LogP contribution in [0.1, 0.15) is 36.8 Å². The Hall–Kier alpha value is -2.04. The van der Waals surface area contributed by atoms with E-state index in [0.717, 1.165) is 38.0 Å². The van der Waals surface area contributed by atoms with E-state index >= 15 is 0 Å². The molecule has 5 nitrogen and oxygen atoms in total. The van der Waals surface area contributed by atoms with Crippen molar-refractivity contribution >= 4 is 11.8 Å². The van der Waals surface area contributed by atoms with Crippen molar-refractivity contribution in [2.45, 2.75) is 38.5 Å². The van der Waals surface area contributed by atoms with Crippen molar-refractivity contribution in [2.75, 3.05) is 19.7 Å². The monoisotopic (exact) mass is 316 g/mol. The molecule has 23 heavy (non-hydrogen) atoms. The summed E-state index contributed by atoms with van der Waals surface area (Å²) in [5.41, 5.74) is 2.49. The maximum atomic E-state index is 11.8. The van der Waals surface area contributed by atoms with Crippen LogP contribution in [0.3, 0.4) is 0 Å². The zero-order chi connectivity index (χ0) is 16.1. The van der Waals surface area contributed by atoms with E-state index in [1.807, 2.05) is 6.07 Å². The van der Waals surface area contributed by atoms with Crippen LogP contribution in [0.25, 0.3) is 0 Å². The summed E-state index contributed by atoms with van der Waals surface area (Å²) in [7, 11) is 0. The highest BCUT2D eigenvalue weighted by atomic mass is 16.5. The molecule has 124 valence electrons. The fourth-order valence-corrected chi connectivity index (χ4v) is 2.78. The molecule has 1 aromatic rings. The van der Waals surface area contributed by atoms with E-state index in [-0.39, 0.29) is 17.7 Å². The predicted octanol–water partition coefficient (Wildman–Crippen LogP) is 1.59. The van der Waals surface area contributed by atoms with Crippen molar-refractivity contribution in [1.29, 1.82) is 0 Å². The number of hydrogen-bond acceptors (Lipinski definition) is 3. The highest BCUT2D eigenvalue weighted by Gasteiger charge is 2.28. The Morgan fingerprint density at radius 3 is 2.87 bits per heavy atom. The third-order valence-corrected chi connectivity index (χ3v) is 4.32. The van der Waals surface area contributed by atoms with Gasteiger partial charge in [-0.3, -0.25) is 9.59 Å². The first kappa shape index (κ1) is 15.8. The molecule has 2 aliphatic rings. The van der Waals surface area contributed by atoms with E-state index in [2.05, 4.69) is 22.8 Å². The predicted molar refractivity (Wildman–Crippen MR) is 87.3 cm³/mol. The molecule has 1 aliphatic carbocycles. The molecule has 1 heterocycles. The first-order valence-electron chi connectivity index (χ1n) is 8.51. The lowest BCUT2D eigenvalue weighted by atomic mass is 10.1. The summed E-state index contributed by atoms with van der Waals surface area (Å²) in [6.07, 6.45) is 4.99. The van der Waals surface area contributed by atoms with E-state index in [0.29, 0.717) is 25.9 Å². The third-order valence-electron chi connectivity index (χ3n) is 4.32. The van der Waals surface area contributed by atoms with Crippen LogP contribution in [0.5, 0.6) is 5.75 Å². The highest BCUT2D eigenvalue weighted by molar-refractivity contribution is 5.81. The maximum Gasteiger partial charge on any atom is 0.223 e. The van der Waals surface area contributed by atoms with E-state index in [1.54, 1.807) is 0 Å². The molecule has 2 amide bonds. The molecule has 1 aromatic carbocycles. The van der Waals surface area contributed by atoms with Crippen molar-refractivity contribution in [3.63, 3.8) is 0 Å². The number of benzene rings is 1. The molecule has 1 fully saturated rings. The maximum absolute atomic E-state index is 11.8. The van der Waals surface area contributed by atoms with Gasteiger partial charge in [0.15, 0.2) is 0 Å². The topological polar surface area (TPSA) is 67.4 Å². The van der Waals surface area contributed by atoms with E-state index in [9.17, 15) is 9.59 Å². The number of hydrogen-bond donors (Lipinski definition) is 2. The molecular weight excluding hydrogens is 292 g/mol. The van der Waals surface area contributed by atoms with Crippen molar-refractivity contribution in [3.05, 3.63) is 29.3 Å². The SMILES string of the molecule is O=C(CCCNC(=O)C1CC1)NCCc1ccc2c(c1)CCO2. The number of carbonyl (C=O) groups is 2. The van der Waals surface area contributed by atoms with Crippen molar-refractivity contribution in [3.8, 4) is 5.75 Å². The first-order chi connectivity index (χ1) is 11.2. The van der Waals surface area contributed by atoms with Gasteiger partial charge in [0.25, 0.3) is 0 Å². The molecular formula is C18H24N2O3. The van der Waals surface area contributed by atoms with Gasteiger partial charge in [-0.1, -0.05) is 12.1 Å². The number of fused-ring (bicyclic) bond motifs is 1. The van der Waals surface area contributed by atoms with Gasteiger partial charge in [0.1, 0.15) is 5.75 Å². The summed E-state index contributed by atoms with van der Waals surface area (Å²) in [6.45, 7) is 2.01. The van der Waals surface area contributed by atoms with Crippen LogP contribution in [0.2, 0.25) is 0 Å². The molecule has 0 saturated heterocycles. The normalized spacial score (nSPS) is 15.7. The first-order valence-corrected chi connectivity index (χ1v) is 8.51. The largest absolute Gasteiger partial charge is 0.493 e. The smallest absolute Gasteiger partial charge is 0.223 e. The second kappa shape index (κ2) is 7.49.